The maximum atomic E-state index is 12.9. The molecule has 7 aromatic rings. The number of benzene rings is 1. The molecule has 7 rings (SSSR count). The molecule has 1 N–H and O–H groups in total. The Morgan fingerprint density at radius 3 is 1.36 bits per heavy atom. The molecule has 0 aliphatic carbocycles. The van der Waals surface area contributed by atoms with Gasteiger partial charge in [-0.3, -0.25) is 19.7 Å². The Balaban J connectivity index is -0.000000872. The second-order valence-electron chi connectivity index (χ2n) is 25.2. The van der Waals surface area contributed by atoms with Gasteiger partial charge < -0.3 is 13.9 Å². The third-order valence-electron chi connectivity index (χ3n) is 13.1. The molecule has 0 saturated heterocycles. The number of Topliss-reactive ketones (excluding diaryl/α,β-unsaturated/α-hetero) is 1. The van der Waals surface area contributed by atoms with Crippen molar-refractivity contribution in [2.45, 2.75) is 234 Å². The first-order chi connectivity index (χ1) is 38.8. The topological polar surface area (TPSA) is 102 Å². The van der Waals surface area contributed by atoms with E-state index in [0.717, 1.165) is 45.7 Å². The van der Waals surface area contributed by atoms with E-state index in [-0.39, 0.29) is 17.6 Å². The number of hydrogen-bond donors (Lipinski definition) is 1. The molecule has 0 aliphatic heterocycles. The van der Waals surface area contributed by atoms with Gasteiger partial charge in [0.1, 0.15) is 34.7 Å². The summed E-state index contributed by atoms with van der Waals surface area (Å²) in [6.45, 7) is 55.7. The number of carbonyl (C=O) groups is 1. The Labute approximate surface area is 520 Å². The van der Waals surface area contributed by atoms with Crippen molar-refractivity contribution in [2.75, 3.05) is 0 Å². The molecule has 0 saturated carbocycles. The molecule has 6 heterocycles. The summed E-state index contributed by atoms with van der Waals surface area (Å²) in [7, 11) is 0. The summed E-state index contributed by atoms with van der Waals surface area (Å²) in [5.41, 5.74) is 4.05. The van der Waals surface area contributed by atoms with Crippen LogP contribution in [0, 0.1) is 41.7 Å². The fourth-order valence-electron chi connectivity index (χ4n) is 5.26. The third-order valence-corrected chi connectivity index (χ3v) is 14.6. The number of hydrogen-bond acceptors (Lipinski definition) is 8. The molecule has 84 heavy (non-hydrogen) atoms. The summed E-state index contributed by atoms with van der Waals surface area (Å²) < 4.78 is 35.7. The average molecular weight is 1200 g/mol. The first kappa shape index (κ1) is 82.9. The van der Waals surface area contributed by atoms with Crippen LogP contribution in [-0.4, -0.2) is 31.4 Å². The van der Waals surface area contributed by atoms with Crippen LogP contribution in [0.4, 0.5) is 8.78 Å². The predicted octanol–water partition coefficient (Wildman–Crippen LogP) is 23.7. The van der Waals surface area contributed by atoms with Gasteiger partial charge in [-0.25, -0.2) is 8.78 Å². The highest BCUT2D eigenvalue weighted by atomic mass is 35.5. The molecule has 472 valence electrons. The SMILES string of the molecule is CC(=O)C(C)C.CC(C)C(C)(C)C.CC(C)C(C)(C)O.CC(C)c1ccc(F)cc1F.CC(C)c1ccccn1.CC(C)c1ccco1.CC(C)c1cccs1.CC(C)c1ccncc1.CC(C)c1ncccc1Cl.Cc1ccc(C(C)C)o1. The number of rotatable bonds is 9. The van der Waals surface area contributed by atoms with Gasteiger partial charge in [0.15, 0.2) is 0 Å². The highest BCUT2D eigenvalue weighted by molar-refractivity contribution is 7.10. The van der Waals surface area contributed by atoms with Crippen LogP contribution in [0.5, 0.6) is 0 Å². The summed E-state index contributed by atoms with van der Waals surface area (Å²) >= 11 is 7.69. The van der Waals surface area contributed by atoms with Gasteiger partial charge in [-0.1, -0.05) is 189 Å². The van der Waals surface area contributed by atoms with Gasteiger partial charge in [-0.2, -0.15) is 0 Å². The van der Waals surface area contributed by atoms with E-state index in [2.05, 4.69) is 150 Å². The lowest BCUT2D eigenvalue weighted by molar-refractivity contribution is -0.119. The number of furan rings is 2. The standard InChI is InChI=1S/C9H10F2.C8H10ClN.2C8H11N.C8H12O.C7H10O.C7H10S.C7H16.C6H14O.C5H10O/c1-6(2)8-4-3-7(10)5-9(8)11;1-6(2)8-7(9)4-3-5-10-8;1-7(2)8-3-5-9-6-4-8;1-7(2)8-5-3-4-6-9-8;1-6(2)8-5-4-7(3)9-8;2*1-6(2)7-4-3-5-8-7;1-6(2)7(3,4)5;1-5(2)6(3,4)7;1-4(2)5(3)6/h3-6H,1-2H3;3-6H,1-2H3;2*3-7H,1-2H3;4-6H,1-3H3;2*3-6H,1-2H3;6H,1-5H3;5,7H,1-4H3;4H,1-3H3. The van der Waals surface area contributed by atoms with Crippen LogP contribution in [0.2, 0.25) is 5.02 Å². The van der Waals surface area contributed by atoms with E-state index in [1.165, 1.54) is 22.6 Å². The number of aryl methyl sites for hydroxylation is 1. The number of nitrogens with zero attached hydrogens (tertiary/aromatic N) is 3. The molecule has 0 spiro atoms. The van der Waals surface area contributed by atoms with E-state index in [1.807, 2.05) is 159 Å². The van der Waals surface area contributed by atoms with Gasteiger partial charge in [-0.15, -0.1) is 11.3 Å². The van der Waals surface area contributed by atoms with Crippen molar-refractivity contribution in [3.8, 4) is 0 Å². The minimum absolute atomic E-state index is 0.107. The van der Waals surface area contributed by atoms with Gasteiger partial charge >= 0.3 is 0 Å². The van der Waals surface area contributed by atoms with Crippen LogP contribution in [-0.2, 0) is 4.79 Å². The number of thiophene rings is 1. The first-order valence-corrected chi connectivity index (χ1v) is 31.3. The summed E-state index contributed by atoms with van der Waals surface area (Å²) in [5.74, 6) is 7.20. The van der Waals surface area contributed by atoms with E-state index < -0.39 is 17.2 Å². The van der Waals surface area contributed by atoms with Gasteiger partial charge in [0.2, 0.25) is 0 Å². The van der Waals surface area contributed by atoms with E-state index >= 15 is 0 Å². The lowest BCUT2D eigenvalue weighted by Crippen LogP contribution is -2.25. The molecule has 7 nitrogen and oxygen atoms in total. The monoisotopic (exact) mass is 1200 g/mol. The summed E-state index contributed by atoms with van der Waals surface area (Å²) in [4.78, 5) is 23.9. The van der Waals surface area contributed by atoms with E-state index in [1.54, 1.807) is 19.4 Å². The predicted molar refractivity (Wildman–Crippen MR) is 360 cm³/mol. The Bertz CT molecular complexity index is 2530. The molecule has 11 heteroatoms. The lowest BCUT2D eigenvalue weighted by atomic mass is 9.84. The molecule has 6 aromatic heterocycles. The van der Waals surface area contributed by atoms with Crippen molar-refractivity contribution in [1.29, 1.82) is 0 Å². The van der Waals surface area contributed by atoms with Crippen molar-refractivity contribution in [3.63, 3.8) is 0 Å². The zero-order valence-electron chi connectivity index (χ0n) is 57.0. The molecule has 0 bridgehead atoms. The van der Waals surface area contributed by atoms with Crippen LogP contribution in [0.25, 0.3) is 0 Å². The Morgan fingerprint density at radius 1 is 0.571 bits per heavy atom. The van der Waals surface area contributed by atoms with E-state index in [4.69, 9.17) is 25.5 Å². The first-order valence-electron chi connectivity index (χ1n) is 30.0. The normalized spacial score (nSPS) is 10.7. The Hall–Kier alpha value is -5.29. The summed E-state index contributed by atoms with van der Waals surface area (Å²) in [6.07, 6.45) is 8.95. The number of aromatic nitrogens is 3. The molecule has 0 unspecified atom stereocenters. The molecule has 0 radical (unpaired) electrons. The van der Waals surface area contributed by atoms with Crippen molar-refractivity contribution in [2.24, 2.45) is 23.2 Å². The Morgan fingerprint density at radius 2 is 1.11 bits per heavy atom. The van der Waals surface area contributed by atoms with Crippen LogP contribution in [0.15, 0.2) is 142 Å². The van der Waals surface area contributed by atoms with Crippen molar-refractivity contribution in [1.82, 2.24) is 15.0 Å². The van der Waals surface area contributed by atoms with Crippen molar-refractivity contribution < 1.29 is 27.5 Å². The maximum Gasteiger partial charge on any atom is 0.132 e. The largest absolute Gasteiger partial charge is 0.469 e. The van der Waals surface area contributed by atoms with E-state index in [0.29, 0.717) is 52.4 Å². The number of pyridine rings is 3. The number of aliphatic hydroxyl groups is 1. The number of carbonyl (C=O) groups excluding carboxylic acids is 1. The maximum absolute atomic E-state index is 12.9. The zero-order chi connectivity index (χ0) is 65.5. The highest BCUT2D eigenvalue weighted by Crippen LogP contribution is 2.24. The third kappa shape index (κ3) is 42.5. The molecule has 1 aromatic carbocycles. The second kappa shape index (κ2) is 45.1. The second-order valence-corrected chi connectivity index (χ2v) is 26.6. The van der Waals surface area contributed by atoms with Crippen LogP contribution < -0.4 is 0 Å². The number of ketones is 1. The van der Waals surface area contributed by atoms with Crippen molar-refractivity contribution in [3.05, 3.63) is 195 Å². The van der Waals surface area contributed by atoms with Gasteiger partial charge in [0.05, 0.1) is 22.6 Å². The quantitative estimate of drug-likeness (QED) is 0.154. The van der Waals surface area contributed by atoms with Crippen LogP contribution in [0.3, 0.4) is 0 Å². The fraction of sp³-hybridized carbons (Fsp3) is 0.534. The highest BCUT2D eigenvalue weighted by Gasteiger charge is 2.16. The van der Waals surface area contributed by atoms with Gasteiger partial charge in [0, 0.05) is 59.2 Å². The minimum atomic E-state index is -0.521. The zero-order valence-corrected chi connectivity index (χ0v) is 58.6. The van der Waals surface area contributed by atoms with Crippen LogP contribution >= 0.6 is 22.9 Å². The van der Waals surface area contributed by atoms with Gasteiger partial charge in [0.25, 0.3) is 0 Å². The molecular weight excluding hydrogens is 1090 g/mol. The van der Waals surface area contributed by atoms with E-state index in [9.17, 15) is 13.6 Å². The fourth-order valence-corrected chi connectivity index (χ4v) is 6.34. The number of halogens is 3. The smallest absolute Gasteiger partial charge is 0.132 e. The molecule has 0 aliphatic rings. The summed E-state index contributed by atoms with van der Waals surface area (Å²) in [6, 6.07) is 29.7. The summed E-state index contributed by atoms with van der Waals surface area (Å²) in [5, 5.41) is 12.0. The lowest BCUT2D eigenvalue weighted by Gasteiger charge is -2.22. The van der Waals surface area contributed by atoms with Crippen LogP contribution in [0.1, 0.15) is 266 Å². The van der Waals surface area contributed by atoms with Crippen molar-refractivity contribution >= 4 is 28.7 Å². The minimum Gasteiger partial charge on any atom is -0.469 e. The molecule has 0 amide bonds. The molecular formula is C73H114ClF2N3O4S. The average Bonchev–Trinajstić information content (AvgIpc) is 4.25. The molecule has 0 fully saturated rings. The van der Waals surface area contributed by atoms with Gasteiger partial charge in [-0.05, 0) is 164 Å². The Kier molecular flexibility index (Phi) is 44.5. The molecule has 0 atom stereocenters.